The van der Waals surface area contributed by atoms with Crippen molar-refractivity contribution in [3.05, 3.63) is 0 Å². The molecule has 8 heteroatoms. The molecule has 0 aliphatic carbocycles. The van der Waals surface area contributed by atoms with E-state index in [1.165, 1.54) is 0 Å². The molecular formula is C17H33Cl2N3O3. The Kier molecular flexibility index (Phi) is 10.00. The van der Waals surface area contributed by atoms with Crippen LogP contribution in [0.25, 0.3) is 0 Å². The average molecular weight is 398 g/mol. The Hall–Kier alpha value is -0.110. The predicted octanol–water partition coefficient (Wildman–Crippen LogP) is 1.17. The van der Waals surface area contributed by atoms with Gasteiger partial charge in [-0.25, -0.2) is 0 Å². The van der Waals surface area contributed by atoms with Crippen molar-refractivity contribution in [2.75, 3.05) is 52.4 Å². The third-order valence-electron chi connectivity index (χ3n) is 5.14. The highest BCUT2D eigenvalue weighted by Crippen LogP contribution is 2.21. The van der Waals surface area contributed by atoms with E-state index in [-0.39, 0.29) is 36.8 Å². The fourth-order valence-electron chi connectivity index (χ4n) is 4.06. The molecule has 0 bridgehead atoms. The summed E-state index contributed by atoms with van der Waals surface area (Å²) < 4.78 is 11.4. The first-order chi connectivity index (χ1) is 11.1. The number of likely N-dealkylation sites (tertiary alicyclic amines) is 1. The lowest BCUT2D eigenvalue weighted by molar-refractivity contribution is -0.146. The van der Waals surface area contributed by atoms with Gasteiger partial charge in [0.05, 0.1) is 18.8 Å². The summed E-state index contributed by atoms with van der Waals surface area (Å²) in [6, 6.07) is 0. The molecule has 25 heavy (non-hydrogen) atoms. The van der Waals surface area contributed by atoms with E-state index in [1.807, 2.05) is 4.90 Å². The average Bonchev–Trinajstić information content (AvgIpc) is 2.55. The molecule has 148 valence electrons. The van der Waals surface area contributed by atoms with Gasteiger partial charge in [-0.2, -0.15) is 0 Å². The molecule has 3 saturated heterocycles. The van der Waals surface area contributed by atoms with Gasteiger partial charge in [-0.05, 0) is 32.6 Å². The van der Waals surface area contributed by atoms with Crippen LogP contribution < -0.4 is 5.32 Å². The highest BCUT2D eigenvalue weighted by Gasteiger charge is 2.31. The van der Waals surface area contributed by atoms with Crippen molar-refractivity contribution in [3.63, 3.8) is 0 Å². The summed E-state index contributed by atoms with van der Waals surface area (Å²) in [5.74, 6) is 0.867. The monoisotopic (exact) mass is 397 g/mol. The second kappa shape index (κ2) is 10.9. The van der Waals surface area contributed by atoms with Crippen molar-refractivity contribution >= 4 is 30.7 Å². The Morgan fingerprint density at radius 1 is 1.12 bits per heavy atom. The summed E-state index contributed by atoms with van der Waals surface area (Å²) in [6.07, 6.45) is 2.59. The molecule has 0 aromatic rings. The lowest BCUT2D eigenvalue weighted by atomic mass is 9.95. The zero-order valence-corrected chi connectivity index (χ0v) is 16.9. The number of carbonyl (C=O) groups is 1. The van der Waals surface area contributed by atoms with Gasteiger partial charge in [0, 0.05) is 45.8 Å². The first-order valence-corrected chi connectivity index (χ1v) is 9.10. The maximum Gasteiger partial charge on any atom is 0.253 e. The lowest BCUT2D eigenvalue weighted by Crippen LogP contribution is -2.52. The molecule has 3 unspecified atom stereocenters. The summed E-state index contributed by atoms with van der Waals surface area (Å²) in [6.45, 7) is 11.4. The van der Waals surface area contributed by atoms with Gasteiger partial charge >= 0.3 is 0 Å². The molecule has 0 saturated carbocycles. The van der Waals surface area contributed by atoms with Crippen LogP contribution in [-0.2, 0) is 14.3 Å². The third kappa shape index (κ3) is 6.52. The quantitative estimate of drug-likeness (QED) is 0.774. The maximum atomic E-state index is 12.5. The van der Waals surface area contributed by atoms with Crippen LogP contribution >= 0.6 is 24.8 Å². The van der Waals surface area contributed by atoms with Crippen molar-refractivity contribution in [2.24, 2.45) is 5.92 Å². The zero-order chi connectivity index (χ0) is 16.2. The zero-order valence-electron chi connectivity index (χ0n) is 15.3. The van der Waals surface area contributed by atoms with E-state index in [1.54, 1.807) is 0 Å². The minimum atomic E-state index is -0.277. The van der Waals surface area contributed by atoms with Crippen LogP contribution in [0.4, 0.5) is 0 Å². The molecule has 0 spiro atoms. The molecule has 3 aliphatic rings. The second-order valence-corrected chi connectivity index (χ2v) is 7.31. The number of halogens is 2. The van der Waals surface area contributed by atoms with Crippen LogP contribution in [0, 0.1) is 5.92 Å². The maximum absolute atomic E-state index is 12.5. The Bertz CT molecular complexity index is 393. The largest absolute Gasteiger partial charge is 0.373 e. The first-order valence-electron chi connectivity index (χ1n) is 9.10. The number of morpholine rings is 2. The van der Waals surface area contributed by atoms with Crippen LogP contribution in [0.3, 0.4) is 0 Å². The molecule has 3 fully saturated rings. The predicted molar refractivity (Wildman–Crippen MR) is 103 cm³/mol. The van der Waals surface area contributed by atoms with Crippen molar-refractivity contribution in [2.45, 2.75) is 45.0 Å². The standard InChI is InChI=1S/C17H31N3O3.2ClH/c1-13-10-19(11-14(2)23-13)12-15-3-6-20(7-4-15)17(21)16-9-18-5-8-22-16;;/h13-16,18H,3-12H2,1-2H3;2*1H. The number of nitrogens with zero attached hydrogens (tertiary/aromatic N) is 2. The number of carbonyl (C=O) groups excluding carboxylic acids is 1. The Morgan fingerprint density at radius 2 is 1.76 bits per heavy atom. The number of nitrogens with one attached hydrogen (secondary N) is 1. The molecule has 3 aliphatic heterocycles. The van der Waals surface area contributed by atoms with Gasteiger partial charge in [0.1, 0.15) is 6.10 Å². The van der Waals surface area contributed by atoms with Gasteiger partial charge in [0.2, 0.25) is 0 Å². The third-order valence-corrected chi connectivity index (χ3v) is 5.14. The Balaban J connectivity index is 0.00000156. The molecule has 3 rings (SSSR count). The molecule has 0 aromatic carbocycles. The smallest absolute Gasteiger partial charge is 0.253 e. The van der Waals surface area contributed by atoms with Gasteiger partial charge < -0.3 is 19.7 Å². The SMILES string of the molecule is CC1CN(CC2CCN(C(=O)C3CNCCO3)CC2)CC(C)O1.Cl.Cl. The van der Waals surface area contributed by atoms with E-state index in [0.29, 0.717) is 31.3 Å². The number of ether oxygens (including phenoxy) is 2. The molecule has 0 radical (unpaired) electrons. The van der Waals surface area contributed by atoms with Gasteiger partial charge in [-0.3, -0.25) is 9.69 Å². The normalized spacial score (nSPS) is 31.8. The Morgan fingerprint density at radius 3 is 2.32 bits per heavy atom. The van der Waals surface area contributed by atoms with Gasteiger partial charge in [0.25, 0.3) is 5.91 Å². The molecule has 1 amide bonds. The fourth-order valence-corrected chi connectivity index (χ4v) is 4.06. The van der Waals surface area contributed by atoms with E-state index in [0.717, 1.165) is 52.1 Å². The van der Waals surface area contributed by atoms with E-state index in [9.17, 15) is 4.79 Å². The van der Waals surface area contributed by atoms with Crippen LogP contribution in [0.5, 0.6) is 0 Å². The molecule has 1 N–H and O–H groups in total. The number of hydrogen-bond acceptors (Lipinski definition) is 5. The van der Waals surface area contributed by atoms with E-state index < -0.39 is 0 Å². The van der Waals surface area contributed by atoms with Gasteiger partial charge in [0.15, 0.2) is 0 Å². The van der Waals surface area contributed by atoms with Crippen LogP contribution in [-0.4, -0.2) is 86.4 Å². The summed E-state index contributed by atoms with van der Waals surface area (Å²) >= 11 is 0. The van der Waals surface area contributed by atoms with E-state index in [2.05, 4.69) is 24.1 Å². The highest BCUT2D eigenvalue weighted by atomic mass is 35.5. The molecule has 3 heterocycles. The minimum Gasteiger partial charge on any atom is -0.373 e. The van der Waals surface area contributed by atoms with Crippen LogP contribution in [0.15, 0.2) is 0 Å². The van der Waals surface area contributed by atoms with Crippen molar-refractivity contribution in [1.29, 1.82) is 0 Å². The number of rotatable bonds is 3. The number of hydrogen-bond donors (Lipinski definition) is 1. The van der Waals surface area contributed by atoms with Crippen LogP contribution in [0.2, 0.25) is 0 Å². The number of amides is 1. The molecule has 6 nitrogen and oxygen atoms in total. The van der Waals surface area contributed by atoms with Crippen LogP contribution in [0.1, 0.15) is 26.7 Å². The van der Waals surface area contributed by atoms with E-state index >= 15 is 0 Å². The van der Waals surface area contributed by atoms with Crippen molar-refractivity contribution in [1.82, 2.24) is 15.1 Å². The lowest BCUT2D eigenvalue weighted by Gasteiger charge is -2.40. The summed E-state index contributed by atoms with van der Waals surface area (Å²) in [5, 5.41) is 3.24. The van der Waals surface area contributed by atoms with Gasteiger partial charge in [-0.15, -0.1) is 24.8 Å². The summed E-state index contributed by atoms with van der Waals surface area (Å²) in [7, 11) is 0. The van der Waals surface area contributed by atoms with Crippen molar-refractivity contribution in [3.8, 4) is 0 Å². The number of piperidine rings is 1. The second-order valence-electron chi connectivity index (χ2n) is 7.31. The van der Waals surface area contributed by atoms with E-state index in [4.69, 9.17) is 9.47 Å². The van der Waals surface area contributed by atoms with Gasteiger partial charge in [-0.1, -0.05) is 0 Å². The summed E-state index contributed by atoms with van der Waals surface area (Å²) in [5.41, 5.74) is 0. The fraction of sp³-hybridized carbons (Fsp3) is 0.941. The highest BCUT2D eigenvalue weighted by molar-refractivity contribution is 5.85. The molecular weight excluding hydrogens is 365 g/mol. The molecule has 3 atom stereocenters. The first kappa shape index (κ1) is 22.9. The topological polar surface area (TPSA) is 54.0 Å². The van der Waals surface area contributed by atoms with Crippen molar-refractivity contribution < 1.29 is 14.3 Å². The summed E-state index contributed by atoms with van der Waals surface area (Å²) in [4.78, 5) is 17.0. The molecule has 0 aromatic heterocycles. The Labute approximate surface area is 163 Å². The minimum absolute atomic E-state index is 0.